The van der Waals surface area contributed by atoms with Crippen molar-refractivity contribution in [2.45, 2.75) is 0 Å². The zero-order valence-electron chi connectivity index (χ0n) is 24.8. The van der Waals surface area contributed by atoms with Gasteiger partial charge in [-0.1, -0.05) is 103 Å². The molecule has 0 saturated heterocycles. The van der Waals surface area contributed by atoms with Crippen LogP contribution in [0, 0.1) is 0 Å². The van der Waals surface area contributed by atoms with Crippen LogP contribution < -0.4 is 0 Å². The Bertz CT molecular complexity index is 2190. The molecule has 38 heavy (non-hydrogen) atoms. The molecular weight excluding hydrogens is 506 g/mol. The minimum atomic E-state index is -0.488. The van der Waals surface area contributed by atoms with Gasteiger partial charge in [0.05, 0.1) is 6.85 Å². The number of hydrogen-bond donors (Lipinski definition) is 0. The van der Waals surface area contributed by atoms with E-state index in [0.717, 1.165) is 42.4 Å². The SMILES string of the molecule is [2H]c1c([2H])c([2H])c(-c2nc(Cl)nc(-c3cccc4sc5ccc(-c6ccccc6-c6ccccc6)cc5c34)n2)c([2H])c1[2H]. The lowest BCUT2D eigenvalue weighted by Gasteiger charge is -2.11. The Kier molecular flexibility index (Phi) is 4.49. The average molecular weight is 531 g/mol. The summed E-state index contributed by atoms with van der Waals surface area (Å²) in [6, 6.07) is 28.7. The summed E-state index contributed by atoms with van der Waals surface area (Å²) in [5.74, 6) is 0.170. The monoisotopic (exact) mass is 530 g/mol. The van der Waals surface area contributed by atoms with E-state index in [1.54, 1.807) is 11.3 Å². The molecule has 0 N–H and O–H groups in total. The van der Waals surface area contributed by atoms with Gasteiger partial charge in [-0.05, 0) is 52.1 Å². The molecule has 5 aromatic carbocycles. The quantitative estimate of drug-likeness (QED) is 0.227. The molecular formula is C33H20ClN3S. The Balaban J connectivity index is 1.44. The van der Waals surface area contributed by atoms with Crippen molar-refractivity contribution in [3.63, 3.8) is 0 Å². The summed E-state index contributed by atoms with van der Waals surface area (Å²) in [7, 11) is 0. The van der Waals surface area contributed by atoms with Crippen LogP contribution in [0.15, 0.2) is 121 Å². The fraction of sp³-hybridized carbons (Fsp3) is 0. The van der Waals surface area contributed by atoms with Gasteiger partial charge in [0.25, 0.3) is 0 Å². The van der Waals surface area contributed by atoms with E-state index in [1.807, 2.05) is 48.5 Å². The topological polar surface area (TPSA) is 38.7 Å². The molecule has 180 valence electrons. The van der Waals surface area contributed by atoms with Crippen molar-refractivity contribution in [3.8, 4) is 45.0 Å². The van der Waals surface area contributed by atoms with E-state index >= 15 is 0 Å². The van der Waals surface area contributed by atoms with Crippen molar-refractivity contribution in [1.29, 1.82) is 0 Å². The van der Waals surface area contributed by atoms with E-state index in [0.29, 0.717) is 5.56 Å². The van der Waals surface area contributed by atoms with Gasteiger partial charge in [0.1, 0.15) is 0 Å². The van der Waals surface area contributed by atoms with Crippen molar-refractivity contribution in [2.24, 2.45) is 0 Å². The second kappa shape index (κ2) is 9.49. The third-order valence-corrected chi connectivity index (χ3v) is 7.70. The molecule has 0 bridgehead atoms. The number of thiophene rings is 1. The Hall–Kier alpha value is -4.38. The second-order valence-corrected chi connectivity index (χ2v) is 10.1. The van der Waals surface area contributed by atoms with Crippen molar-refractivity contribution in [1.82, 2.24) is 15.0 Å². The average Bonchev–Trinajstić information content (AvgIpc) is 3.41. The molecule has 0 aliphatic heterocycles. The summed E-state index contributed by atoms with van der Waals surface area (Å²) in [6.45, 7) is 0. The van der Waals surface area contributed by atoms with E-state index in [2.05, 4.69) is 57.4 Å². The third-order valence-electron chi connectivity index (χ3n) is 6.39. The number of nitrogens with zero attached hydrogens (tertiary/aromatic N) is 3. The normalized spacial score (nSPS) is 13.1. The van der Waals surface area contributed by atoms with Gasteiger partial charge in [0.2, 0.25) is 5.28 Å². The lowest BCUT2D eigenvalue weighted by molar-refractivity contribution is 1.07. The molecule has 0 fully saturated rings. The lowest BCUT2D eigenvalue weighted by Crippen LogP contribution is -1.97. The first-order valence-corrected chi connectivity index (χ1v) is 13.1. The fourth-order valence-electron chi connectivity index (χ4n) is 4.73. The molecule has 0 saturated carbocycles. The van der Waals surface area contributed by atoms with Gasteiger partial charge < -0.3 is 0 Å². The zero-order chi connectivity index (χ0) is 29.8. The van der Waals surface area contributed by atoms with Crippen molar-refractivity contribution >= 4 is 43.1 Å². The van der Waals surface area contributed by atoms with Gasteiger partial charge in [0, 0.05) is 31.3 Å². The Morgan fingerprint density at radius 3 is 2.11 bits per heavy atom. The van der Waals surface area contributed by atoms with E-state index in [9.17, 15) is 0 Å². The van der Waals surface area contributed by atoms with Crippen LogP contribution in [0.4, 0.5) is 0 Å². The van der Waals surface area contributed by atoms with E-state index < -0.39 is 30.2 Å². The Labute approximate surface area is 236 Å². The maximum atomic E-state index is 8.40. The minimum absolute atomic E-state index is 0.0824. The number of aromatic nitrogens is 3. The van der Waals surface area contributed by atoms with Gasteiger partial charge in [-0.3, -0.25) is 0 Å². The number of hydrogen-bond acceptors (Lipinski definition) is 4. The van der Waals surface area contributed by atoms with Gasteiger partial charge in [-0.15, -0.1) is 11.3 Å². The molecule has 5 heteroatoms. The maximum absolute atomic E-state index is 8.40. The lowest BCUT2D eigenvalue weighted by atomic mass is 9.93. The summed E-state index contributed by atoms with van der Waals surface area (Å²) in [5, 5.41) is 1.83. The van der Waals surface area contributed by atoms with E-state index in [-0.39, 0.29) is 22.5 Å². The number of fused-ring (bicyclic) bond motifs is 3. The van der Waals surface area contributed by atoms with Crippen LogP contribution in [0.25, 0.3) is 65.2 Å². The van der Waals surface area contributed by atoms with Crippen LogP contribution in [0.2, 0.25) is 5.28 Å². The molecule has 0 amide bonds. The van der Waals surface area contributed by atoms with Crippen molar-refractivity contribution in [2.75, 3.05) is 0 Å². The third kappa shape index (κ3) is 4.04. The highest BCUT2D eigenvalue weighted by atomic mass is 35.5. The molecule has 0 aliphatic rings. The zero-order valence-corrected chi connectivity index (χ0v) is 21.4. The Morgan fingerprint density at radius 2 is 1.29 bits per heavy atom. The first-order valence-electron chi connectivity index (χ1n) is 14.4. The number of benzene rings is 5. The summed E-state index contributed by atoms with van der Waals surface area (Å²) >= 11 is 8.03. The number of rotatable bonds is 4. The molecule has 2 heterocycles. The minimum Gasteiger partial charge on any atom is -0.208 e. The smallest absolute Gasteiger partial charge is 0.208 e. The summed E-state index contributed by atoms with van der Waals surface area (Å²) in [5.41, 5.74) is 5.02. The summed E-state index contributed by atoms with van der Waals surface area (Å²) in [6.07, 6.45) is 0. The van der Waals surface area contributed by atoms with Crippen LogP contribution >= 0.6 is 22.9 Å². The predicted molar refractivity (Wildman–Crippen MR) is 159 cm³/mol. The molecule has 2 aromatic heterocycles. The fourth-order valence-corrected chi connectivity index (χ4v) is 6.00. The van der Waals surface area contributed by atoms with Gasteiger partial charge in [0.15, 0.2) is 11.6 Å². The number of halogens is 1. The van der Waals surface area contributed by atoms with Gasteiger partial charge >= 0.3 is 0 Å². The van der Waals surface area contributed by atoms with Crippen LogP contribution in [-0.4, -0.2) is 15.0 Å². The van der Waals surface area contributed by atoms with Crippen LogP contribution in [0.3, 0.4) is 0 Å². The van der Waals surface area contributed by atoms with Crippen LogP contribution in [-0.2, 0) is 0 Å². The molecule has 7 rings (SSSR count). The molecule has 0 unspecified atom stereocenters. The first kappa shape index (κ1) is 18.0. The molecule has 7 aromatic rings. The van der Waals surface area contributed by atoms with Crippen LogP contribution in [0.1, 0.15) is 6.85 Å². The summed E-state index contributed by atoms with van der Waals surface area (Å²) < 4.78 is 43.0. The molecule has 0 spiro atoms. The van der Waals surface area contributed by atoms with Gasteiger partial charge in [-0.2, -0.15) is 9.97 Å². The van der Waals surface area contributed by atoms with Crippen LogP contribution in [0.5, 0.6) is 0 Å². The molecule has 0 radical (unpaired) electrons. The van der Waals surface area contributed by atoms with E-state index in [1.165, 1.54) is 0 Å². The molecule has 0 atom stereocenters. The highest BCUT2D eigenvalue weighted by Gasteiger charge is 2.17. The summed E-state index contributed by atoms with van der Waals surface area (Å²) in [4.78, 5) is 13.2. The second-order valence-electron chi connectivity index (χ2n) is 8.65. The van der Waals surface area contributed by atoms with E-state index in [4.69, 9.17) is 18.5 Å². The van der Waals surface area contributed by atoms with Crippen molar-refractivity contribution in [3.05, 3.63) is 126 Å². The maximum Gasteiger partial charge on any atom is 0.226 e. The predicted octanol–water partition coefficient (Wildman–Crippen LogP) is 9.56. The first-order chi connectivity index (χ1) is 20.8. The van der Waals surface area contributed by atoms with Gasteiger partial charge in [-0.25, -0.2) is 4.98 Å². The standard InChI is InChI=1S/C33H20ClN3S/c34-33-36-31(22-12-5-2-6-13-22)35-32(37-33)26-16-9-17-29-30(26)27-20-23(18-19-28(27)38-29)25-15-8-7-14-24(25)21-10-3-1-4-11-21/h1-20H/i2D,5D,6D,12D,13D. The molecule has 0 aliphatic carbocycles. The largest absolute Gasteiger partial charge is 0.226 e. The van der Waals surface area contributed by atoms with Crippen molar-refractivity contribution < 1.29 is 6.85 Å². The highest BCUT2D eigenvalue weighted by molar-refractivity contribution is 7.25. The Morgan fingerprint density at radius 1 is 0.579 bits per heavy atom. The highest BCUT2D eigenvalue weighted by Crippen LogP contribution is 2.42. The molecule has 3 nitrogen and oxygen atoms in total.